The Morgan fingerprint density at radius 2 is 2.42 bits per heavy atom. The minimum absolute atomic E-state index is 0.101. The average molecular weight is 166 g/mol. The Hall–Kier alpha value is -1.25. The molecule has 1 saturated heterocycles. The van der Waals surface area contributed by atoms with E-state index in [1.807, 2.05) is 13.0 Å². The van der Waals surface area contributed by atoms with E-state index in [0.717, 1.165) is 5.56 Å². The van der Waals surface area contributed by atoms with Gasteiger partial charge in [-0.3, -0.25) is 4.79 Å². The Labute approximate surface area is 70.3 Å². The Morgan fingerprint density at radius 3 is 2.92 bits per heavy atom. The molecule has 1 aliphatic heterocycles. The maximum Gasteiger partial charge on any atom is 0.306 e. The van der Waals surface area contributed by atoms with Crippen molar-refractivity contribution in [2.45, 2.75) is 19.4 Å². The van der Waals surface area contributed by atoms with Gasteiger partial charge >= 0.3 is 5.97 Å². The maximum absolute atomic E-state index is 10.9. The second kappa shape index (κ2) is 2.66. The van der Waals surface area contributed by atoms with E-state index in [9.17, 15) is 4.79 Å². The molecule has 1 fully saturated rings. The lowest BCUT2D eigenvalue weighted by atomic mass is 10.00. The SMILES string of the molecule is C[C@H]1CC(=O)O[C@H]1c1ccoc1. The van der Waals surface area contributed by atoms with Crippen LogP contribution in [0, 0.1) is 5.92 Å². The first kappa shape index (κ1) is 7.40. The number of carbonyl (C=O) groups is 1. The zero-order chi connectivity index (χ0) is 8.55. The van der Waals surface area contributed by atoms with E-state index in [4.69, 9.17) is 9.15 Å². The molecule has 1 aromatic heterocycles. The van der Waals surface area contributed by atoms with Crippen LogP contribution in [0.25, 0.3) is 0 Å². The maximum atomic E-state index is 10.9. The fourth-order valence-electron chi connectivity index (χ4n) is 1.51. The molecule has 3 nitrogen and oxygen atoms in total. The van der Waals surface area contributed by atoms with Gasteiger partial charge < -0.3 is 9.15 Å². The van der Waals surface area contributed by atoms with Gasteiger partial charge in [0.05, 0.1) is 18.9 Å². The minimum Gasteiger partial charge on any atom is -0.472 e. The third kappa shape index (κ3) is 1.11. The van der Waals surface area contributed by atoms with Crippen molar-refractivity contribution in [1.29, 1.82) is 0 Å². The molecule has 3 heteroatoms. The molecule has 2 heterocycles. The molecule has 64 valence electrons. The summed E-state index contributed by atoms with van der Waals surface area (Å²) in [7, 11) is 0. The van der Waals surface area contributed by atoms with Gasteiger partial charge in [-0.2, -0.15) is 0 Å². The number of ether oxygens (including phenoxy) is 1. The number of furan rings is 1. The summed E-state index contributed by atoms with van der Waals surface area (Å²) in [5, 5.41) is 0. The van der Waals surface area contributed by atoms with Crippen LogP contribution in [0.4, 0.5) is 0 Å². The molecule has 0 amide bonds. The molecule has 2 atom stereocenters. The minimum atomic E-state index is -0.117. The average Bonchev–Trinajstić information content (AvgIpc) is 2.58. The molecule has 1 aliphatic rings. The van der Waals surface area contributed by atoms with Crippen LogP contribution < -0.4 is 0 Å². The number of esters is 1. The Kier molecular flexibility index (Phi) is 1.64. The Balaban J connectivity index is 2.20. The number of cyclic esters (lactones) is 1. The summed E-state index contributed by atoms with van der Waals surface area (Å²) in [5.74, 6) is 0.142. The van der Waals surface area contributed by atoms with Crippen LogP contribution in [-0.4, -0.2) is 5.97 Å². The normalized spacial score (nSPS) is 28.9. The van der Waals surface area contributed by atoms with Crippen molar-refractivity contribution < 1.29 is 13.9 Å². The number of hydrogen-bond acceptors (Lipinski definition) is 3. The Bertz CT molecular complexity index is 276. The van der Waals surface area contributed by atoms with Crippen LogP contribution >= 0.6 is 0 Å². The van der Waals surface area contributed by atoms with Crippen LogP contribution in [0.2, 0.25) is 0 Å². The highest BCUT2D eigenvalue weighted by atomic mass is 16.6. The van der Waals surface area contributed by atoms with Gasteiger partial charge in [0, 0.05) is 11.5 Å². The van der Waals surface area contributed by atoms with Gasteiger partial charge in [0.2, 0.25) is 0 Å². The van der Waals surface area contributed by atoms with Crippen molar-refractivity contribution in [3.05, 3.63) is 24.2 Å². The molecule has 0 aliphatic carbocycles. The van der Waals surface area contributed by atoms with Crippen molar-refractivity contribution >= 4 is 5.97 Å². The fourth-order valence-corrected chi connectivity index (χ4v) is 1.51. The van der Waals surface area contributed by atoms with Gasteiger partial charge in [0.15, 0.2) is 0 Å². The van der Waals surface area contributed by atoms with E-state index in [2.05, 4.69) is 0 Å². The monoisotopic (exact) mass is 166 g/mol. The van der Waals surface area contributed by atoms with Gasteiger partial charge in [0.25, 0.3) is 0 Å². The molecule has 1 aromatic rings. The summed E-state index contributed by atoms with van der Waals surface area (Å²) in [5.41, 5.74) is 0.952. The lowest BCUT2D eigenvalue weighted by Crippen LogP contribution is -2.02. The number of hydrogen-bond donors (Lipinski definition) is 0. The van der Waals surface area contributed by atoms with Crippen LogP contribution in [0.3, 0.4) is 0 Å². The van der Waals surface area contributed by atoms with Crippen LogP contribution in [0.15, 0.2) is 23.0 Å². The molecular formula is C9H10O3. The lowest BCUT2D eigenvalue weighted by molar-refractivity contribution is -0.141. The highest BCUT2D eigenvalue weighted by Crippen LogP contribution is 2.34. The lowest BCUT2D eigenvalue weighted by Gasteiger charge is -2.10. The van der Waals surface area contributed by atoms with Crippen molar-refractivity contribution in [2.75, 3.05) is 0 Å². The van der Waals surface area contributed by atoms with Crippen molar-refractivity contribution in [1.82, 2.24) is 0 Å². The number of rotatable bonds is 1. The first-order valence-corrected chi connectivity index (χ1v) is 3.99. The van der Waals surface area contributed by atoms with Crippen LogP contribution in [0.1, 0.15) is 25.0 Å². The molecule has 0 aromatic carbocycles. The molecule has 0 bridgehead atoms. The predicted molar refractivity (Wildman–Crippen MR) is 41.3 cm³/mol. The van der Waals surface area contributed by atoms with E-state index in [1.165, 1.54) is 0 Å². The van der Waals surface area contributed by atoms with Crippen molar-refractivity contribution in [3.8, 4) is 0 Å². The van der Waals surface area contributed by atoms with Crippen LogP contribution in [0.5, 0.6) is 0 Å². The van der Waals surface area contributed by atoms with Gasteiger partial charge in [-0.1, -0.05) is 6.92 Å². The van der Waals surface area contributed by atoms with Gasteiger partial charge in [-0.25, -0.2) is 0 Å². The van der Waals surface area contributed by atoms with E-state index < -0.39 is 0 Å². The summed E-state index contributed by atoms with van der Waals surface area (Å²) in [6.45, 7) is 2.00. The third-order valence-corrected chi connectivity index (χ3v) is 2.14. The fraction of sp³-hybridized carbons (Fsp3) is 0.444. The largest absolute Gasteiger partial charge is 0.472 e. The second-order valence-corrected chi connectivity index (χ2v) is 3.15. The van der Waals surface area contributed by atoms with Crippen molar-refractivity contribution in [3.63, 3.8) is 0 Å². The summed E-state index contributed by atoms with van der Waals surface area (Å²) in [4.78, 5) is 10.9. The van der Waals surface area contributed by atoms with Crippen LogP contribution in [-0.2, 0) is 9.53 Å². The molecule has 0 radical (unpaired) electrons. The second-order valence-electron chi connectivity index (χ2n) is 3.15. The van der Waals surface area contributed by atoms with E-state index in [-0.39, 0.29) is 18.0 Å². The third-order valence-electron chi connectivity index (χ3n) is 2.14. The zero-order valence-corrected chi connectivity index (χ0v) is 6.82. The van der Waals surface area contributed by atoms with Gasteiger partial charge in [-0.05, 0) is 6.07 Å². The first-order valence-electron chi connectivity index (χ1n) is 3.99. The van der Waals surface area contributed by atoms with Crippen molar-refractivity contribution in [2.24, 2.45) is 5.92 Å². The molecule has 2 rings (SSSR count). The quantitative estimate of drug-likeness (QED) is 0.598. The van der Waals surface area contributed by atoms with Gasteiger partial charge in [-0.15, -0.1) is 0 Å². The summed E-state index contributed by atoms with van der Waals surface area (Å²) < 4.78 is 10.0. The molecule has 12 heavy (non-hydrogen) atoms. The summed E-state index contributed by atoms with van der Waals surface area (Å²) in [6.07, 6.45) is 3.63. The number of carbonyl (C=O) groups excluding carboxylic acids is 1. The van der Waals surface area contributed by atoms with E-state index in [0.29, 0.717) is 6.42 Å². The van der Waals surface area contributed by atoms with E-state index >= 15 is 0 Å². The summed E-state index contributed by atoms with van der Waals surface area (Å²) in [6, 6.07) is 1.83. The summed E-state index contributed by atoms with van der Waals surface area (Å²) >= 11 is 0. The molecule has 0 unspecified atom stereocenters. The Morgan fingerprint density at radius 1 is 1.58 bits per heavy atom. The molecule has 0 N–H and O–H groups in total. The highest BCUT2D eigenvalue weighted by molar-refractivity contribution is 5.72. The van der Waals surface area contributed by atoms with Gasteiger partial charge in [0.1, 0.15) is 6.10 Å². The molecular weight excluding hydrogens is 156 g/mol. The molecule has 0 spiro atoms. The zero-order valence-electron chi connectivity index (χ0n) is 6.82. The van der Waals surface area contributed by atoms with E-state index in [1.54, 1.807) is 12.5 Å². The predicted octanol–water partition coefficient (Wildman–Crippen LogP) is 1.90. The highest BCUT2D eigenvalue weighted by Gasteiger charge is 2.32. The topological polar surface area (TPSA) is 39.4 Å². The standard InChI is InChI=1S/C9H10O3/c1-6-4-8(10)12-9(6)7-2-3-11-5-7/h2-3,5-6,9H,4H2,1H3/t6-,9+/m0/s1. The smallest absolute Gasteiger partial charge is 0.306 e. The first-order chi connectivity index (χ1) is 5.77. The molecule has 0 saturated carbocycles.